The average Bonchev–Trinajstić information content (AvgIpc) is 2.81. The first-order valence-electron chi connectivity index (χ1n) is 5.96. The van der Waals surface area contributed by atoms with Crippen LogP contribution in [0.5, 0.6) is 0 Å². The summed E-state index contributed by atoms with van der Waals surface area (Å²) in [5.74, 6) is 1.54. The van der Waals surface area contributed by atoms with Crippen LogP contribution in [-0.2, 0) is 11.3 Å². The van der Waals surface area contributed by atoms with Crippen molar-refractivity contribution in [1.82, 2.24) is 4.90 Å². The maximum absolute atomic E-state index is 5.68. The summed E-state index contributed by atoms with van der Waals surface area (Å²) in [4.78, 5) is 2.53. The summed E-state index contributed by atoms with van der Waals surface area (Å²) >= 11 is 0. The van der Waals surface area contributed by atoms with Crippen molar-refractivity contribution in [2.75, 3.05) is 32.0 Å². The molecule has 2 aliphatic rings. The molecule has 3 nitrogen and oxygen atoms in total. The predicted molar refractivity (Wildman–Crippen MR) is 63.9 cm³/mol. The van der Waals surface area contributed by atoms with Gasteiger partial charge in [0.25, 0.3) is 0 Å². The molecule has 86 valence electrons. The molecule has 0 spiro atoms. The van der Waals surface area contributed by atoms with Gasteiger partial charge in [-0.25, -0.2) is 0 Å². The smallest absolute Gasteiger partial charge is 0.0510 e. The summed E-state index contributed by atoms with van der Waals surface area (Å²) in [6.07, 6.45) is 0. The van der Waals surface area contributed by atoms with E-state index in [2.05, 4.69) is 17.0 Å². The maximum Gasteiger partial charge on any atom is 0.0510 e. The zero-order valence-electron chi connectivity index (χ0n) is 9.43. The Bertz CT molecular complexity index is 351. The summed E-state index contributed by atoms with van der Waals surface area (Å²) < 4.78 is 5.48. The van der Waals surface area contributed by atoms with Crippen LogP contribution in [0.15, 0.2) is 24.3 Å². The van der Waals surface area contributed by atoms with E-state index in [9.17, 15) is 0 Å². The van der Waals surface area contributed by atoms with Gasteiger partial charge in [-0.3, -0.25) is 4.90 Å². The van der Waals surface area contributed by atoms with E-state index in [1.165, 1.54) is 18.7 Å². The maximum atomic E-state index is 5.68. The van der Waals surface area contributed by atoms with E-state index in [1.807, 2.05) is 12.1 Å². The van der Waals surface area contributed by atoms with Crippen LogP contribution < -0.4 is 5.73 Å². The highest BCUT2D eigenvalue weighted by molar-refractivity contribution is 5.39. The number of nitrogens with zero attached hydrogens (tertiary/aromatic N) is 1. The SMILES string of the molecule is Nc1ccc(CN2CC3COCC3C2)cc1. The number of benzene rings is 1. The molecule has 2 aliphatic heterocycles. The van der Waals surface area contributed by atoms with E-state index in [1.54, 1.807) is 0 Å². The third kappa shape index (κ3) is 1.93. The van der Waals surface area contributed by atoms with Crippen LogP contribution in [0.4, 0.5) is 5.69 Å². The fourth-order valence-electron chi connectivity index (χ4n) is 2.79. The predicted octanol–water partition coefficient (Wildman–Crippen LogP) is 1.35. The monoisotopic (exact) mass is 218 g/mol. The van der Waals surface area contributed by atoms with Gasteiger partial charge in [0, 0.05) is 37.2 Å². The normalized spacial score (nSPS) is 29.5. The highest BCUT2D eigenvalue weighted by atomic mass is 16.5. The molecule has 0 saturated carbocycles. The van der Waals surface area contributed by atoms with Crippen LogP contribution in [0.2, 0.25) is 0 Å². The lowest BCUT2D eigenvalue weighted by Crippen LogP contribution is -2.22. The lowest BCUT2D eigenvalue weighted by atomic mass is 10.0. The first-order valence-corrected chi connectivity index (χ1v) is 5.96. The van der Waals surface area contributed by atoms with Crippen LogP contribution in [0.1, 0.15) is 5.56 Å². The van der Waals surface area contributed by atoms with E-state index in [0.29, 0.717) is 0 Å². The minimum absolute atomic E-state index is 0.772. The number of ether oxygens (including phenoxy) is 1. The van der Waals surface area contributed by atoms with Crippen molar-refractivity contribution >= 4 is 5.69 Å². The molecule has 3 rings (SSSR count). The van der Waals surface area contributed by atoms with Gasteiger partial charge in [-0.15, -0.1) is 0 Å². The van der Waals surface area contributed by atoms with E-state index >= 15 is 0 Å². The minimum atomic E-state index is 0.772. The summed E-state index contributed by atoms with van der Waals surface area (Å²) in [6.45, 7) is 5.35. The lowest BCUT2D eigenvalue weighted by Gasteiger charge is -2.16. The molecule has 0 aliphatic carbocycles. The molecule has 0 aromatic heterocycles. The molecule has 2 fully saturated rings. The van der Waals surface area contributed by atoms with E-state index in [-0.39, 0.29) is 0 Å². The van der Waals surface area contributed by atoms with Crippen LogP contribution in [0, 0.1) is 11.8 Å². The Morgan fingerprint density at radius 2 is 1.75 bits per heavy atom. The Morgan fingerprint density at radius 1 is 1.12 bits per heavy atom. The molecule has 0 amide bonds. The Kier molecular flexibility index (Phi) is 2.58. The van der Waals surface area contributed by atoms with Gasteiger partial charge in [0.05, 0.1) is 13.2 Å². The first-order chi connectivity index (χ1) is 7.81. The number of hydrogen-bond donors (Lipinski definition) is 1. The van der Waals surface area contributed by atoms with Crippen molar-refractivity contribution < 1.29 is 4.74 Å². The van der Waals surface area contributed by atoms with Gasteiger partial charge in [-0.1, -0.05) is 12.1 Å². The van der Waals surface area contributed by atoms with Gasteiger partial charge in [0.15, 0.2) is 0 Å². The summed E-state index contributed by atoms with van der Waals surface area (Å²) in [6, 6.07) is 8.21. The number of hydrogen-bond acceptors (Lipinski definition) is 3. The number of likely N-dealkylation sites (tertiary alicyclic amines) is 1. The van der Waals surface area contributed by atoms with Crippen molar-refractivity contribution in [2.45, 2.75) is 6.54 Å². The number of nitrogens with two attached hydrogens (primary N) is 1. The number of anilines is 1. The summed E-state index contributed by atoms with van der Waals surface area (Å²) in [7, 11) is 0. The second-order valence-electron chi connectivity index (χ2n) is 4.99. The van der Waals surface area contributed by atoms with E-state index in [4.69, 9.17) is 10.5 Å². The highest BCUT2D eigenvalue weighted by Crippen LogP contribution is 2.29. The van der Waals surface area contributed by atoms with Crippen LogP contribution in [0.25, 0.3) is 0 Å². The molecule has 2 heterocycles. The highest BCUT2D eigenvalue weighted by Gasteiger charge is 2.36. The Labute approximate surface area is 96.2 Å². The van der Waals surface area contributed by atoms with Gasteiger partial charge < -0.3 is 10.5 Å². The van der Waals surface area contributed by atoms with Crippen molar-refractivity contribution in [1.29, 1.82) is 0 Å². The molecular weight excluding hydrogens is 200 g/mol. The van der Waals surface area contributed by atoms with Crippen LogP contribution in [-0.4, -0.2) is 31.2 Å². The Morgan fingerprint density at radius 3 is 2.38 bits per heavy atom. The molecule has 16 heavy (non-hydrogen) atoms. The summed E-state index contributed by atoms with van der Waals surface area (Å²) in [5, 5.41) is 0. The molecule has 1 aromatic carbocycles. The number of rotatable bonds is 2. The second-order valence-corrected chi connectivity index (χ2v) is 4.99. The zero-order chi connectivity index (χ0) is 11.0. The fourth-order valence-corrected chi connectivity index (χ4v) is 2.79. The number of fused-ring (bicyclic) bond motifs is 1. The van der Waals surface area contributed by atoms with Gasteiger partial charge >= 0.3 is 0 Å². The van der Waals surface area contributed by atoms with Crippen molar-refractivity contribution in [3.05, 3.63) is 29.8 Å². The minimum Gasteiger partial charge on any atom is -0.399 e. The fraction of sp³-hybridized carbons (Fsp3) is 0.538. The zero-order valence-corrected chi connectivity index (χ0v) is 9.43. The molecule has 2 unspecified atom stereocenters. The van der Waals surface area contributed by atoms with Gasteiger partial charge in [-0.05, 0) is 17.7 Å². The second kappa shape index (κ2) is 4.07. The third-order valence-electron chi connectivity index (χ3n) is 3.70. The number of nitrogen functional groups attached to an aromatic ring is 1. The topological polar surface area (TPSA) is 38.5 Å². The summed E-state index contributed by atoms with van der Waals surface area (Å²) in [5.41, 5.74) is 7.88. The molecule has 3 heteroatoms. The van der Waals surface area contributed by atoms with Crippen molar-refractivity contribution in [3.63, 3.8) is 0 Å². The Hall–Kier alpha value is -1.06. The molecule has 0 bridgehead atoms. The molecule has 2 atom stereocenters. The molecule has 2 saturated heterocycles. The molecule has 2 N–H and O–H groups in total. The molecule has 0 radical (unpaired) electrons. The van der Waals surface area contributed by atoms with Crippen LogP contribution in [0.3, 0.4) is 0 Å². The lowest BCUT2D eigenvalue weighted by molar-refractivity contribution is 0.153. The van der Waals surface area contributed by atoms with Gasteiger partial charge in [0.1, 0.15) is 0 Å². The van der Waals surface area contributed by atoms with Gasteiger partial charge in [0.2, 0.25) is 0 Å². The quantitative estimate of drug-likeness (QED) is 0.761. The van der Waals surface area contributed by atoms with Crippen molar-refractivity contribution in [3.8, 4) is 0 Å². The Balaban J connectivity index is 1.62. The average molecular weight is 218 g/mol. The largest absolute Gasteiger partial charge is 0.399 e. The van der Waals surface area contributed by atoms with E-state index < -0.39 is 0 Å². The standard InChI is InChI=1S/C13H18N2O/c14-13-3-1-10(2-4-13)5-15-6-11-8-16-9-12(11)7-15/h1-4,11-12H,5-9,14H2. The molecular formula is C13H18N2O. The first kappa shape index (κ1) is 10.1. The molecule has 1 aromatic rings. The third-order valence-corrected chi connectivity index (χ3v) is 3.70. The van der Waals surface area contributed by atoms with E-state index in [0.717, 1.165) is 37.3 Å². The van der Waals surface area contributed by atoms with Crippen LogP contribution >= 0.6 is 0 Å². The van der Waals surface area contributed by atoms with Crippen molar-refractivity contribution in [2.24, 2.45) is 11.8 Å². The van der Waals surface area contributed by atoms with Gasteiger partial charge in [-0.2, -0.15) is 0 Å².